The van der Waals surface area contributed by atoms with Crippen LogP contribution in [-0.2, 0) is 20.2 Å². The molecule has 1 unspecified atom stereocenters. The number of rotatable bonds is 5. The Morgan fingerprint density at radius 1 is 1.18 bits per heavy atom. The predicted octanol–water partition coefficient (Wildman–Crippen LogP) is 2.72. The highest BCUT2D eigenvalue weighted by Crippen LogP contribution is 2.49. The zero-order chi connectivity index (χ0) is 20.1. The van der Waals surface area contributed by atoms with Gasteiger partial charge in [-0.15, -0.1) is 0 Å². The smallest absolute Gasteiger partial charge is 0.269 e. The highest BCUT2D eigenvalue weighted by Gasteiger charge is 2.48. The van der Waals surface area contributed by atoms with Crippen LogP contribution >= 0.6 is 11.6 Å². The molecule has 0 spiro atoms. The summed E-state index contributed by atoms with van der Waals surface area (Å²) in [5, 5.41) is 3.47. The molecule has 1 N–H and O–H groups in total. The molecule has 2 aliphatic rings. The third-order valence-corrected chi connectivity index (χ3v) is 7.73. The third-order valence-electron chi connectivity index (χ3n) is 5.49. The summed E-state index contributed by atoms with van der Waals surface area (Å²) in [6.07, 6.45) is 1.77. The van der Waals surface area contributed by atoms with E-state index in [-0.39, 0.29) is 15.9 Å². The molecule has 2 aromatic carbocycles. The summed E-state index contributed by atoms with van der Waals surface area (Å²) in [4.78, 5) is 25.2. The fourth-order valence-electron chi connectivity index (χ4n) is 3.68. The van der Waals surface area contributed by atoms with E-state index >= 15 is 0 Å². The van der Waals surface area contributed by atoms with E-state index in [2.05, 4.69) is 5.32 Å². The normalized spacial score (nSPS) is 19.8. The van der Waals surface area contributed by atoms with Crippen LogP contribution in [0, 0.1) is 0 Å². The number of carbonyl (C=O) groups excluding carboxylic acids is 2. The van der Waals surface area contributed by atoms with Gasteiger partial charge in [0, 0.05) is 17.0 Å². The van der Waals surface area contributed by atoms with Gasteiger partial charge in [-0.25, -0.2) is 12.7 Å². The molecular formula is C20H19ClN2O4S. The maximum Gasteiger partial charge on any atom is 0.269 e. The summed E-state index contributed by atoms with van der Waals surface area (Å²) < 4.78 is 26.1. The van der Waals surface area contributed by atoms with Gasteiger partial charge in [0.15, 0.2) is 0 Å². The molecule has 1 fully saturated rings. The number of amides is 2. The van der Waals surface area contributed by atoms with Crippen molar-refractivity contribution in [2.45, 2.75) is 36.1 Å². The molecule has 4 rings (SSSR count). The van der Waals surface area contributed by atoms with Crippen molar-refractivity contribution in [3.8, 4) is 0 Å². The highest BCUT2D eigenvalue weighted by atomic mass is 35.5. The monoisotopic (exact) mass is 418 g/mol. The molecular weight excluding hydrogens is 400 g/mol. The van der Waals surface area contributed by atoms with Crippen LogP contribution in [0.5, 0.6) is 0 Å². The quantitative estimate of drug-likeness (QED) is 0.809. The fourth-order valence-corrected chi connectivity index (χ4v) is 5.74. The average Bonchev–Trinajstić information content (AvgIpc) is 3.43. The van der Waals surface area contributed by atoms with E-state index < -0.39 is 27.9 Å². The molecule has 0 aromatic heterocycles. The van der Waals surface area contributed by atoms with Crippen molar-refractivity contribution in [2.75, 3.05) is 6.54 Å². The molecule has 1 saturated carbocycles. The van der Waals surface area contributed by atoms with Crippen LogP contribution in [0.2, 0.25) is 5.02 Å². The first-order chi connectivity index (χ1) is 13.3. The Balaban J connectivity index is 1.51. The Bertz CT molecular complexity index is 1080. The maximum atomic E-state index is 12.7. The van der Waals surface area contributed by atoms with Gasteiger partial charge in [0.1, 0.15) is 10.9 Å². The van der Waals surface area contributed by atoms with Crippen LogP contribution < -0.4 is 5.32 Å². The van der Waals surface area contributed by atoms with E-state index in [1.54, 1.807) is 12.1 Å². The van der Waals surface area contributed by atoms with Crippen LogP contribution in [0.4, 0.5) is 0 Å². The van der Waals surface area contributed by atoms with Crippen LogP contribution in [0.3, 0.4) is 0 Å². The minimum absolute atomic E-state index is 0.0608. The first-order valence-electron chi connectivity index (χ1n) is 8.98. The zero-order valence-electron chi connectivity index (χ0n) is 15.2. The van der Waals surface area contributed by atoms with Crippen molar-refractivity contribution in [1.29, 1.82) is 0 Å². The first kappa shape index (κ1) is 19.0. The molecule has 0 bridgehead atoms. The summed E-state index contributed by atoms with van der Waals surface area (Å²) in [6.45, 7) is 1.76. The number of benzene rings is 2. The molecule has 1 aliphatic heterocycles. The lowest BCUT2D eigenvalue weighted by Crippen LogP contribution is -2.49. The Hall–Kier alpha value is -2.38. The Kier molecular flexibility index (Phi) is 4.47. The third kappa shape index (κ3) is 2.89. The molecule has 1 aliphatic carbocycles. The van der Waals surface area contributed by atoms with Crippen LogP contribution in [0.25, 0.3) is 0 Å². The molecule has 2 amide bonds. The molecule has 6 nitrogen and oxygen atoms in total. The Morgan fingerprint density at radius 2 is 1.82 bits per heavy atom. The second-order valence-corrected chi connectivity index (χ2v) is 9.45. The summed E-state index contributed by atoms with van der Waals surface area (Å²) >= 11 is 6.29. The number of fused-ring (bicyclic) bond motifs is 1. The molecule has 1 heterocycles. The van der Waals surface area contributed by atoms with E-state index in [1.807, 2.05) is 24.3 Å². The van der Waals surface area contributed by atoms with Gasteiger partial charge in [0.2, 0.25) is 5.91 Å². The minimum atomic E-state index is -4.04. The standard InChI is InChI=1S/C20H19ClN2O4S/c1-13(23-19(25)14-6-2-5-9-17(14)28(23,26)27)18(24)22-12-20(10-11-20)15-7-3-4-8-16(15)21/h2-9,13H,10-12H2,1H3,(H,22,24). The Morgan fingerprint density at radius 3 is 2.46 bits per heavy atom. The van der Waals surface area contributed by atoms with Gasteiger partial charge in [-0.2, -0.15) is 0 Å². The van der Waals surface area contributed by atoms with Crippen molar-refractivity contribution in [2.24, 2.45) is 0 Å². The lowest BCUT2D eigenvalue weighted by molar-refractivity contribution is -0.124. The van der Waals surface area contributed by atoms with E-state index in [1.165, 1.54) is 19.1 Å². The van der Waals surface area contributed by atoms with Crippen molar-refractivity contribution in [1.82, 2.24) is 9.62 Å². The lowest BCUT2D eigenvalue weighted by atomic mass is 9.96. The van der Waals surface area contributed by atoms with E-state index in [0.717, 1.165) is 18.4 Å². The summed E-state index contributed by atoms with van der Waals surface area (Å²) in [6, 6.07) is 12.3. The maximum absolute atomic E-state index is 12.7. The van der Waals surface area contributed by atoms with Crippen LogP contribution in [0.15, 0.2) is 53.4 Å². The molecule has 1 atom stereocenters. The van der Waals surface area contributed by atoms with Gasteiger partial charge in [-0.1, -0.05) is 41.9 Å². The van der Waals surface area contributed by atoms with Gasteiger partial charge in [0.05, 0.1) is 5.56 Å². The molecule has 0 radical (unpaired) electrons. The number of nitrogens with one attached hydrogen (secondary N) is 1. The molecule has 28 heavy (non-hydrogen) atoms. The van der Waals surface area contributed by atoms with Crippen molar-refractivity contribution in [3.63, 3.8) is 0 Å². The Labute approximate surface area is 168 Å². The fraction of sp³-hybridized carbons (Fsp3) is 0.300. The summed E-state index contributed by atoms with van der Waals surface area (Å²) in [5.74, 6) is -1.19. The van der Waals surface area contributed by atoms with Crippen LogP contribution in [-0.4, -0.2) is 37.1 Å². The minimum Gasteiger partial charge on any atom is -0.353 e. The SMILES string of the molecule is CC(C(=O)NCC1(c2ccccc2Cl)CC1)N1C(=O)c2ccccc2S1(=O)=O. The van der Waals surface area contributed by atoms with Gasteiger partial charge in [0.25, 0.3) is 15.9 Å². The zero-order valence-corrected chi connectivity index (χ0v) is 16.8. The lowest BCUT2D eigenvalue weighted by Gasteiger charge is -2.24. The second-order valence-electron chi connectivity index (χ2n) is 7.26. The summed E-state index contributed by atoms with van der Waals surface area (Å²) in [5.41, 5.74) is 0.837. The van der Waals surface area contributed by atoms with E-state index in [9.17, 15) is 18.0 Å². The molecule has 0 saturated heterocycles. The number of nitrogens with zero attached hydrogens (tertiary/aromatic N) is 1. The topological polar surface area (TPSA) is 83.6 Å². The second kappa shape index (κ2) is 6.60. The number of sulfonamides is 1. The number of hydrogen-bond acceptors (Lipinski definition) is 4. The van der Waals surface area contributed by atoms with Crippen molar-refractivity contribution < 1.29 is 18.0 Å². The molecule has 8 heteroatoms. The first-order valence-corrected chi connectivity index (χ1v) is 10.8. The number of carbonyl (C=O) groups is 2. The number of halogens is 1. The highest BCUT2D eigenvalue weighted by molar-refractivity contribution is 7.90. The van der Waals surface area contributed by atoms with Gasteiger partial charge < -0.3 is 5.32 Å². The molecule has 146 valence electrons. The van der Waals surface area contributed by atoms with Gasteiger partial charge in [-0.05, 0) is 43.5 Å². The average molecular weight is 419 g/mol. The molecule has 2 aromatic rings. The predicted molar refractivity (Wildman–Crippen MR) is 105 cm³/mol. The van der Waals surface area contributed by atoms with Crippen LogP contribution in [0.1, 0.15) is 35.7 Å². The van der Waals surface area contributed by atoms with Gasteiger partial charge >= 0.3 is 0 Å². The van der Waals surface area contributed by atoms with Crippen molar-refractivity contribution >= 4 is 33.4 Å². The van der Waals surface area contributed by atoms with E-state index in [4.69, 9.17) is 11.6 Å². The van der Waals surface area contributed by atoms with Crippen molar-refractivity contribution in [3.05, 3.63) is 64.7 Å². The summed E-state index contributed by atoms with van der Waals surface area (Å²) in [7, 11) is -4.04. The largest absolute Gasteiger partial charge is 0.353 e. The number of hydrogen-bond donors (Lipinski definition) is 1. The van der Waals surface area contributed by atoms with E-state index in [0.29, 0.717) is 15.9 Å². The van der Waals surface area contributed by atoms with Gasteiger partial charge in [-0.3, -0.25) is 9.59 Å².